The Balaban J connectivity index is 2.29. The second-order valence-corrected chi connectivity index (χ2v) is 4.58. The van der Waals surface area contributed by atoms with Gasteiger partial charge in [0.2, 0.25) is 0 Å². The summed E-state index contributed by atoms with van der Waals surface area (Å²) in [7, 11) is 0. The van der Waals surface area contributed by atoms with E-state index in [4.69, 9.17) is 4.74 Å². The summed E-state index contributed by atoms with van der Waals surface area (Å²) >= 11 is 0. The standard InChI is InChI=1S/C12H25NO/c1-4-8-13(11(2)3)10-12-7-5-6-9-14-12/h11-12H,4-10H2,1-3H3. The third-order valence-electron chi connectivity index (χ3n) is 2.95. The van der Waals surface area contributed by atoms with Gasteiger partial charge in [-0.3, -0.25) is 4.90 Å². The fraction of sp³-hybridized carbons (Fsp3) is 1.00. The Morgan fingerprint density at radius 2 is 2.14 bits per heavy atom. The highest BCUT2D eigenvalue weighted by atomic mass is 16.5. The van der Waals surface area contributed by atoms with Crippen molar-refractivity contribution < 1.29 is 4.74 Å². The molecule has 0 spiro atoms. The Labute approximate surface area is 88.6 Å². The van der Waals surface area contributed by atoms with Crippen molar-refractivity contribution in [2.45, 2.75) is 58.6 Å². The number of hydrogen-bond acceptors (Lipinski definition) is 2. The molecule has 1 saturated heterocycles. The summed E-state index contributed by atoms with van der Waals surface area (Å²) in [5.74, 6) is 0. The maximum Gasteiger partial charge on any atom is 0.0702 e. The average molecular weight is 199 g/mol. The summed E-state index contributed by atoms with van der Waals surface area (Å²) in [5, 5.41) is 0. The minimum atomic E-state index is 0.498. The van der Waals surface area contributed by atoms with Gasteiger partial charge in [0.25, 0.3) is 0 Å². The Morgan fingerprint density at radius 3 is 2.64 bits per heavy atom. The van der Waals surface area contributed by atoms with E-state index in [-0.39, 0.29) is 0 Å². The van der Waals surface area contributed by atoms with Gasteiger partial charge in [-0.25, -0.2) is 0 Å². The van der Waals surface area contributed by atoms with Gasteiger partial charge in [-0.1, -0.05) is 6.92 Å². The molecule has 0 radical (unpaired) electrons. The first-order chi connectivity index (χ1) is 6.74. The van der Waals surface area contributed by atoms with Crippen LogP contribution in [0.5, 0.6) is 0 Å². The lowest BCUT2D eigenvalue weighted by Crippen LogP contribution is -2.40. The predicted octanol–water partition coefficient (Wildman–Crippen LogP) is 2.68. The monoisotopic (exact) mass is 199 g/mol. The van der Waals surface area contributed by atoms with Crippen molar-refractivity contribution in [3.63, 3.8) is 0 Å². The molecule has 1 heterocycles. The zero-order chi connectivity index (χ0) is 10.4. The number of rotatable bonds is 5. The van der Waals surface area contributed by atoms with E-state index in [1.165, 1.54) is 32.2 Å². The van der Waals surface area contributed by atoms with Crippen molar-refractivity contribution >= 4 is 0 Å². The highest BCUT2D eigenvalue weighted by Crippen LogP contribution is 2.15. The smallest absolute Gasteiger partial charge is 0.0702 e. The quantitative estimate of drug-likeness (QED) is 0.675. The molecule has 0 saturated carbocycles. The molecule has 1 unspecified atom stereocenters. The van der Waals surface area contributed by atoms with Crippen LogP contribution in [0.15, 0.2) is 0 Å². The number of nitrogens with zero attached hydrogens (tertiary/aromatic N) is 1. The van der Waals surface area contributed by atoms with Crippen LogP contribution in [0.25, 0.3) is 0 Å². The van der Waals surface area contributed by atoms with E-state index >= 15 is 0 Å². The molecule has 0 aromatic carbocycles. The highest BCUT2D eigenvalue weighted by Gasteiger charge is 2.18. The average Bonchev–Trinajstić information content (AvgIpc) is 2.18. The molecule has 0 aromatic rings. The Bertz CT molecular complexity index is 141. The molecule has 0 N–H and O–H groups in total. The minimum absolute atomic E-state index is 0.498. The molecule has 1 aliphatic heterocycles. The summed E-state index contributed by atoms with van der Waals surface area (Å²) in [5.41, 5.74) is 0. The van der Waals surface area contributed by atoms with Gasteiger partial charge >= 0.3 is 0 Å². The Hall–Kier alpha value is -0.0800. The van der Waals surface area contributed by atoms with Crippen molar-refractivity contribution in [3.05, 3.63) is 0 Å². The van der Waals surface area contributed by atoms with Crippen molar-refractivity contribution in [2.24, 2.45) is 0 Å². The Morgan fingerprint density at radius 1 is 1.36 bits per heavy atom. The molecule has 1 atom stereocenters. The van der Waals surface area contributed by atoms with E-state index in [1.807, 2.05) is 0 Å². The highest BCUT2D eigenvalue weighted by molar-refractivity contribution is 4.71. The van der Waals surface area contributed by atoms with E-state index < -0.39 is 0 Å². The molecule has 84 valence electrons. The second kappa shape index (κ2) is 6.41. The van der Waals surface area contributed by atoms with Gasteiger partial charge in [-0.15, -0.1) is 0 Å². The van der Waals surface area contributed by atoms with E-state index in [0.29, 0.717) is 12.1 Å². The van der Waals surface area contributed by atoms with Gasteiger partial charge in [0.15, 0.2) is 0 Å². The predicted molar refractivity (Wildman–Crippen MR) is 60.6 cm³/mol. The fourth-order valence-corrected chi connectivity index (χ4v) is 2.06. The van der Waals surface area contributed by atoms with Crippen molar-refractivity contribution in [1.82, 2.24) is 4.90 Å². The molecule has 2 nitrogen and oxygen atoms in total. The molecule has 1 aliphatic rings. The molecule has 14 heavy (non-hydrogen) atoms. The van der Waals surface area contributed by atoms with Crippen LogP contribution in [0.2, 0.25) is 0 Å². The van der Waals surface area contributed by atoms with Crippen LogP contribution in [0.3, 0.4) is 0 Å². The SMILES string of the molecule is CCCN(CC1CCCCO1)C(C)C. The minimum Gasteiger partial charge on any atom is -0.377 e. The molecule has 0 amide bonds. The first-order valence-corrected chi connectivity index (χ1v) is 6.09. The van der Waals surface area contributed by atoms with Crippen molar-refractivity contribution in [3.8, 4) is 0 Å². The normalized spacial score (nSPS) is 23.4. The summed E-state index contributed by atoms with van der Waals surface area (Å²) in [6.07, 6.45) is 5.60. The number of ether oxygens (including phenoxy) is 1. The van der Waals surface area contributed by atoms with Crippen LogP contribution in [0.1, 0.15) is 46.5 Å². The van der Waals surface area contributed by atoms with Gasteiger partial charge in [-0.2, -0.15) is 0 Å². The lowest BCUT2D eigenvalue weighted by Gasteiger charge is -2.32. The molecular formula is C12H25NO. The van der Waals surface area contributed by atoms with Crippen LogP contribution in [0, 0.1) is 0 Å². The summed E-state index contributed by atoms with van der Waals surface area (Å²) < 4.78 is 5.76. The second-order valence-electron chi connectivity index (χ2n) is 4.58. The third kappa shape index (κ3) is 3.97. The van der Waals surface area contributed by atoms with Gasteiger partial charge in [0, 0.05) is 19.2 Å². The van der Waals surface area contributed by atoms with Crippen LogP contribution in [-0.4, -0.2) is 36.7 Å². The van der Waals surface area contributed by atoms with E-state index in [0.717, 1.165) is 13.2 Å². The molecule has 0 bridgehead atoms. The molecule has 1 rings (SSSR count). The van der Waals surface area contributed by atoms with Crippen LogP contribution in [-0.2, 0) is 4.74 Å². The lowest BCUT2D eigenvalue weighted by atomic mass is 10.1. The van der Waals surface area contributed by atoms with Crippen LogP contribution >= 0.6 is 0 Å². The fourth-order valence-electron chi connectivity index (χ4n) is 2.06. The zero-order valence-corrected chi connectivity index (χ0v) is 9.96. The Kier molecular flexibility index (Phi) is 5.49. The van der Waals surface area contributed by atoms with Gasteiger partial charge in [0.1, 0.15) is 0 Å². The third-order valence-corrected chi connectivity index (χ3v) is 2.95. The van der Waals surface area contributed by atoms with Gasteiger partial charge < -0.3 is 4.74 Å². The van der Waals surface area contributed by atoms with E-state index in [2.05, 4.69) is 25.7 Å². The maximum atomic E-state index is 5.76. The first-order valence-electron chi connectivity index (χ1n) is 6.09. The summed E-state index contributed by atoms with van der Waals surface area (Å²) in [6.45, 7) is 10.1. The summed E-state index contributed by atoms with van der Waals surface area (Å²) in [6, 6.07) is 0.653. The van der Waals surface area contributed by atoms with Crippen molar-refractivity contribution in [2.75, 3.05) is 19.7 Å². The first kappa shape index (κ1) is 12.0. The molecule has 1 fully saturated rings. The lowest BCUT2D eigenvalue weighted by molar-refractivity contribution is -0.0111. The number of hydrogen-bond donors (Lipinski definition) is 0. The molecule has 0 aliphatic carbocycles. The molecular weight excluding hydrogens is 174 g/mol. The van der Waals surface area contributed by atoms with E-state index in [9.17, 15) is 0 Å². The van der Waals surface area contributed by atoms with E-state index in [1.54, 1.807) is 0 Å². The maximum absolute atomic E-state index is 5.76. The molecule has 2 heteroatoms. The van der Waals surface area contributed by atoms with Crippen LogP contribution in [0.4, 0.5) is 0 Å². The van der Waals surface area contributed by atoms with Crippen LogP contribution < -0.4 is 0 Å². The van der Waals surface area contributed by atoms with Gasteiger partial charge in [-0.05, 0) is 46.1 Å². The zero-order valence-electron chi connectivity index (χ0n) is 9.96. The largest absolute Gasteiger partial charge is 0.377 e. The summed E-state index contributed by atoms with van der Waals surface area (Å²) in [4.78, 5) is 2.54. The van der Waals surface area contributed by atoms with Gasteiger partial charge in [0.05, 0.1) is 6.10 Å². The topological polar surface area (TPSA) is 12.5 Å². The van der Waals surface area contributed by atoms with Crippen molar-refractivity contribution in [1.29, 1.82) is 0 Å². The molecule has 0 aromatic heterocycles.